The molecule has 38 heavy (non-hydrogen) atoms. The Labute approximate surface area is 229 Å². The second-order valence-electron chi connectivity index (χ2n) is 9.99. The van der Waals surface area contributed by atoms with Gasteiger partial charge in [-0.1, -0.05) is 48.0 Å². The molecule has 2 unspecified atom stereocenters. The molecule has 7 nitrogen and oxygen atoms in total. The van der Waals surface area contributed by atoms with Gasteiger partial charge >= 0.3 is 0 Å². The molecule has 3 aromatic rings. The fourth-order valence-electron chi connectivity index (χ4n) is 5.82. The highest BCUT2D eigenvalue weighted by Gasteiger charge is 2.38. The topological polar surface area (TPSA) is 59.8 Å². The smallest absolute Gasteiger partial charge is 0.209 e. The number of benzene rings is 2. The Morgan fingerprint density at radius 2 is 1.74 bits per heavy atom. The average molecular weight is 535 g/mol. The van der Waals surface area contributed by atoms with E-state index in [0.29, 0.717) is 12.6 Å². The van der Waals surface area contributed by atoms with Crippen LogP contribution in [0.4, 0.5) is 0 Å². The van der Waals surface area contributed by atoms with E-state index in [4.69, 9.17) is 26.2 Å². The van der Waals surface area contributed by atoms with Crippen molar-refractivity contribution in [2.75, 3.05) is 40.4 Å². The number of aromatic nitrogens is 2. The van der Waals surface area contributed by atoms with E-state index >= 15 is 0 Å². The molecule has 2 aliphatic heterocycles. The summed E-state index contributed by atoms with van der Waals surface area (Å²) < 4.78 is 13.5. The van der Waals surface area contributed by atoms with Crippen LogP contribution >= 0.6 is 11.6 Å². The summed E-state index contributed by atoms with van der Waals surface area (Å²) in [6.45, 7) is 3.65. The average Bonchev–Trinajstić information content (AvgIpc) is 3.64. The molecule has 0 radical (unpaired) electrons. The predicted molar refractivity (Wildman–Crippen MR) is 150 cm³/mol. The lowest BCUT2D eigenvalue weighted by molar-refractivity contribution is -0.120. The molecule has 0 spiro atoms. The summed E-state index contributed by atoms with van der Waals surface area (Å²) in [5.41, 5.74) is 4.99. The second kappa shape index (κ2) is 12.3. The minimum atomic E-state index is -0.591. The molecule has 0 aliphatic carbocycles. The van der Waals surface area contributed by atoms with Gasteiger partial charge in [-0.2, -0.15) is 5.10 Å². The van der Waals surface area contributed by atoms with Gasteiger partial charge in [0.15, 0.2) is 0 Å². The Balaban J connectivity index is 1.52. The normalized spacial score (nSPS) is 20.6. The molecule has 0 N–H and O–H groups in total. The first-order chi connectivity index (χ1) is 18.6. The van der Waals surface area contributed by atoms with Crippen molar-refractivity contribution in [3.63, 3.8) is 0 Å². The van der Waals surface area contributed by atoms with Gasteiger partial charge in [-0.3, -0.25) is 9.69 Å². The number of carbonyl (C=O) groups excluding carboxylic acids is 1. The van der Waals surface area contributed by atoms with Crippen molar-refractivity contribution in [3.8, 4) is 5.69 Å². The summed E-state index contributed by atoms with van der Waals surface area (Å²) in [6, 6.07) is 16.3. The second-order valence-corrected chi connectivity index (χ2v) is 10.4. The summed E-state index contributed by atoms with van der Waals surface area (Å²) in [5.74, 6) is 0.122. The van der Waals surface area contributed by atoms with Crippen LogP contribution in [-0.2, 0) is 14.3 Å². The van der Waals surface area contributed by atoms with E-state index in [2.05, 4.69) is 29.2 Å². The Morgan fingerprint density at radius 1 is 1.00 bits per heavy atom. The first-order valence-corrected chi connectivity index (χ1v) is 13.6. The standard InChI is InChI=1S/C30H35ClN4O3/c1-37-30(38-2)29-26(27-20-33(21-36)17-14-28(27)34-15-3-4-16-34)19-32-35(29)25-7-5-6-23(18-25)9-8-22-10-12-24(31)13-11-22/h5-13,18-19,21,27-28,30H,3-4,14-17,20H2,1-2H3. The number of amides is 1. The highest BCUT2D eigenvalue weighted by Crippen LogP contribution is 2.37. The van der Waals surface area contributed by atoms with E-state index in [1.54, 1.807) is 14.2 Å². The van der Waals surface area contributed by atoms with Gasteiger partial charge in [0.05, 0.1) is 11.9 Å². The zero-order chi connectivity index (χ0) is 26.5. The molecule has 2 aliphatic rings. The van der Waals surface area contributed by atoms with Crippen LogP contribution in [0.25, 0.3) is 17.8 Å². The molecule has 0 bridgehead atoms. The van der Waals surface area contributed by atoms with Crippen molar-refractivity contribution < 1.29 is 14.3 Å². The van der Waals surface area contributed by atoms with Crippen LogP contribution in [0.15, 0.2) is 54.7 Å². The van der Waals surface area contributed by atoms with Crippen molar-refractivity contribution in [1.82, 2.24) is 19.6 Å². The molecular formula is C30H35ClN4O3. The van der Waals surface area contributed by atoms with Gasteiger partial charge in [0.1, 0.15) is 5.69 Å². The quantitative estimate of drug-likeness (QED) is 0.209. The van der Waals surface area contributed by atoms with Gasteiger partial charge in [-0.15, -0.1) is 0 Å². The van der Waals surface area contributed by atoms with Gasteiger partial charge in [0.2, 0.25) is 12.7 Å². The lowest BCUT2D eigenvalue weighted by Crippen LogP contribution is -2.49. The van der Waals surface area contributed by atoms with Crippen molar-refractivity contribution >= 4 is 30.2 Å². The molecular weight excluding hydrogens is 500 g/mol. The van der Waals surface area contributed by atoms with Gasteiger partial charge < -0.3 is 14.4 Å². The van der Waals surface area contributed by atoms with E-state index in [9.17, 15) is 4.79 Å². The third kappa shape index (κ3) is 5.71. The molecule has 2 atom stereocenters. The number of likely N-dealkylation sites (tertiary alicyclic amines) is 2. The van der Waals surface area contributed by atoms with Crippen LogP contribution in [0, 0.1) is 0 Å². The Bertz CT molecular complexity index is 1250. The highest BCUT2D eigenvalue weighted by molar-refractivity contribution is 6.30. The summed E-state index contributed by atoms with van der Waals surface area (Å²) in [4.78, 5) is 16.2. The van der Waals surface area contributed by atoms with Crippen LogP contribution in [0.1, 0.15) is 53.9 Å². The maximum Gasteiger partial charge on any atom is 0.209 e. The minimum Gasteiger partial charge on any atom is -0.350 e. The zero-order valence-corrected chi connectivity index (χ0v) is 22.8. The number of rotatable bonds is 9. The predicted octanol–water partition coefficient (Wildman–Crippen LogP) is 5.40. The SMILES string of the molecule is COC(OC)c1c(C2CN(C=O)CCC2N2CCCC2)cnn1-c1cccc(C=Cc2ccc(Cl)cc2)c1. The largest absolute Gasteiger partial charge is 0.350 e. The Morgan fingerprint density at radius 3 is 2.45 bits per heavy atom. The Hall–Kier alpha value is -2.97. The summed E-state index contributed by atoms with van der Waals surface area (Å²) >= 11 is 6.03. The third-order valence-electron chi connectivity index (χ3n) is 7.71. The molecule has 2 saturated heterocycles. The van der Waals surface area contributed by atoms with Crippen molar-refractivity contribution in [2.24, 2.45) is 0 Å². The molecule has 3 heterocycles. The number of halogens is 1. The van der Waals surface area contributed by atoms with E-state index in [0.717, 1.165) is 65.6 Å². The minimum absolute atomic E-state index is 0.122. The molecule has 5 rings (SSSR count). The highest BCUT2D eigenvalue weighted by atomic mass is 35.5. The van der Waals surface area contributed by atoms with E-state index < -0.39 is 6.29 Å². The maximum absolute atomic E-state index is 11.8. The van der Waals surface area contributed by atoms with Gasteiger partial charge in [0.25, 0.3) is 0 Å². The lowest BCUT2D eigenvalue weighted by Gasteiger charge is -2.42. The number of piperidine rings is 1. The number of hydrogen-bond acceptors (Lipinski definition) is 5. The molecule has 0 saturated carbocycles. The zero-order valence-electron chi connectivity index (χ0n) is 22.0. The fourth-order valence-corrected chi connectivity index (χ4v) is 5.95. The first-order valence-electron chi connectivity index (χ1n) is 13.2. The summed E-state index contributed by atoms with van der Waals surface area (Å²) in [7, 11) is 3.30. The summed E-state index contributed by atoms with van der Waals surface area (Å²) in [5, 5.41) is 5.57. The molecule has 8 heteroatoms. The number of nitrogens with zero attached hydrogens (tertiary/aromatic N) is 4. The van der Waals surface area contributed by atoms with Crippen molar-refractivity contribution in [1.29, 1.82) is 0 Å². The lowest BCUT2D eigenvalue weighted by atomic mass is 9.85. The van der Waals surface area contributed by atoms with Gasteiger partial charge in [0, 0.05) is 49.9 Å². The van der Waals surface area contributed by atoms with Crippen LogP contribution < -0.4 is 0 Å². The molecule has 2 fully saturated rings. The number of ether oxygens (including phenoxy) is 2. The number of methoxy groups -OCH3 is 2. The molecule has 2 aromatic carbocycles. The van der Waals surface area contributed by atoms with E-state index in [-0.39, 0.29) is 5.92 Å². The van der Waals surface area contributed by atoms with Crippen LogP contribution in [-0.4, -0.2) is 72.4 Å². The monoisotopic (exact) mass is 534 g/mol. The van der Waals surface area contributed by atoms with Crippen molar-refractivity contribution in [3.05, 3.63) is 82.1 Å². The third-order valence-corrected chi connectivity index (χ3v) is 7.96. The Kier molecular flexibility index (Phi) is 8.59. The first kappa shape index (κ1) is 26.6. The van der Waals surface area contributed by atoms with E-state index in [1.807, 2.05) is 52.2 Å². The van der Waals surface area contributed by atoms with Crippen LogP contribution in [0.3, 0.4) is 0 Å². The number of carbonyl (C=O) groups is 1. The number of hydrogen-bond donors (Lipinski definition) is 0. The summed E-state index contributed by atoms with van der Waals surface area (Å²) in [6.07, 6.45) is 9.86. The van der Waals surface area contributed by atoms with Crippen LogP contribution in [0.2, 0.25) is 5.02 Å². The van der Waals surface area contributed by atoms with Crippen LogP contribution in [0.5, 0.6) is 0 Å². The molecule has 200 valence electrons. The van der Waals surface area contributed by atoms with Gasteiger partial charge in [-0.25, -0.2) is 4.68 Å². The maximum atomic E-state index is 11.8. The van der Waals surface area contributed by atoms with E-state index in [1.165, 1.54) is 12.8 Å². The molecule has 1 amide bonds. The molecule has 1 aromatic heterocycles. The van der Waals surface area contributed by atoms with Gasteiger partial charge in [-0.05, 0) is 67.7 Å². The fraction of sp³-hybridized carbons (Fsp3) is 0.400. The van der Waals surface area contributed by atoms with Crippen molar-refractivity contribution in [2.45, 2.75) is 37.5 Å².